The van der Waals surface area contributed by atoms with Crippen molar-refractivity contribution in [3.8, 4) is 5.88 Å². The lowest BCUT2D eigenvalue weighted by Crippen LogP contribution is -2.31. The van der Waals surface area contributed by atoms with E-state index >= 15 is 0 Å². The molecule has 1 saturated carbocycles. The van der Waals surface area contributed by atoms with Gasteiger partial charge in [-0.3, -0.25) is 0 Å². The van der Waals surface area contributed by atoms with Gasteiger partial charge in [-0.15, -0.1) is 0 Å². The predicted molar refractivity (Wildman–Crippen MR) is 67.0 cm³/mol. The smallest absolute Gasteiger partial charge is 0.218 e. The molecule has 94 valence electrons. The molecule has 1 heterocycles. The minimum absolute atomic E-state index is 0.117. The van der Waals surface area contributed by atoms with Gasteiger partial charge in [0.1, 0.15) is 12.1 Å². The number of rotatable bonds is 6. The molecule has 0 aromatic carbocycles. The SMILES string of the molecule is CC(C)Oc1cc(NC(CN)C2CC2)ncn1. The first-order chi connectivity index (χ1) is 8.19. The Kier molecular flexibility index (Phi) is 3.78. The van der Waals surface area contributed by atoms with E-state index in [1.165, 1.54) is 19.2 Å². The fourth-order valence-corrected chi connectivity index (χ4v) is 1.78. The van der Waals surface area contributed by atoms with Gasteiger partial charge >= 0.3 is 0 Å². The van der Waals surface area contributed by atoms with Crippen LogP contribution in [0.15, 0.2) is 12.4 Å². The molecule has 0 saturated heterocycles. The summed E-state index contributed by atoms with van der Waals surface area (Å²) in [5, 5.41) is 3.35. The normalized spacial score (nSPS) is 16.9. The van der Waals surface area contributed by atoms with E-state index in [0.29, 0.717) is 24.4 Å². The van der Waals surface area contributed by atoms with Crippen LogP contribution in [-0.2, 0) is 0 Å². The second kappa shape index (κ2) is 5.31. The number of hydrogen-bond donors (Lipinski definition) is 2. The highest BCUT2D eigenvalue weighted by Gasteiger charge is 2.30. The second-order valence-electron chi connectivity index (χ2n) is 4.73. The molecule has 0 bridgehead atoms. The predicted octanol–water partition coefficient (Wildman–Crippen LogP) is 1.41. The molecule has 1 fully saturated rings. The summed E-state index contributed by atoms with van der Waals surface area (Å²) in [6.07, 6.45) is 4.15. The molecule has 3 N–H and O–H groups in total. The van der Waals surface area contributed by atoms with Gasteiger partial charge < -0.3 is 15.8 Å². The van der Waals surface area contributed by atoms with Crippen LogP contribution in [0.25, 0.3) is 0 Å². The first kappa shape index (κ1) is 12.1. The van der Waals surface area contributed by atoms with E-state index in [0.717, 1.165) is 5.82 Å². The summed E-state index contributed by atoms with van der Waals surface area (Å²) >= 11 is 0. The summed E-state index contributed by atoms with van der Waals surface area (Å²) in [5.41, 5.74) is 5.74. The van der Waals surface area contributed by atoms with Crippen LogP contribution in [0.4, 0.5) is 5.82 Å². The van der Waals surface area contributed by atoms with Crippen molar-refractivity contribution in [2.24, 2.45) is 11.7 Å². The van der Waals surface area contributed by atoms with Crippen molar-refractivity contribution in [1.82, 2.24) is 9.97 Å². The monoisotopic (exact) mass is 236 g/mol. The lowest BCUT2D eigenvalue weighted by Gasteiger charge is -2.17. The van der Waals surface area contributed by atoms with Crippen LogP contribution in [0.5, 0.6) is 5.88 Å². The number of aromatic nitrogens is 2. The van der Waals surface area contributed by atoms with Crippen molar-refractivity contribution in [3.63, 3.8) is 0 Å². The zero-order chi connectivity index (χ0) is 12.3. The summed E-state index contributed by atoms with van der Waals surface area (Å²) in [5.74, 6) is 2.09. The molecule has 17 heavy (non-hydrogen) atoms. The third kappa shape index (κ3) is 3.56. The van der Waals surface area contributed by atoms with Crippen molar-refractivity contribution in [2.75, 3.05) is 11.9 Å². The van der Waals surface area contributed by atoms with Gasteiger partial charge in [0.2, 0.25) is 5.88 Å². The fraction of sp³-hybridized carbons (Fsp3) is 0.667. The standard InChI is InChI=1S/C12H20N4O/c1-8(2)17-12-5-11(14-7-15-12)16-10(6-13)9-3-4-9/h5,7-10H,3-4,6,13H2,1-2H3,(H,14,15,16). The molecular formula is C12H20N4O. The zero-order valence-corrected chi connectivity index (χ0v) is 10.4. The van der Waals surface area contributed by atoms with Crippen molar-refractivity contribution < 1.29 is 4.74 Å². The molecule has 1 aromatic heterocycles. The van der Waals surface area contributed by atoms with Crippen molar-refractivity contribution in [1.29, 1.82) is 0 Å². The van der Waals surface area contributed by atoms with Crippen LogP contribution >= 0.6 is 0 Å². The highest BCUT2D eigenvalue weighted by molar-refractivity contribution is 5.38. The summed E-state index contributed by atoms with van der Waals surface area (Å²) in [7, 11) is 0. The van der Waals surface area contributed by atoms with Gasteiger partial charge in [0.15, 0.2) is 0 Å². The lowest BCUT2D eigenvalue weighted by molar-refractivity contribution is 0.232. The van der Waals surface area contributed by atoms with Crippen LogP contribution in [-0.4, -0.2) is 28.7 Å². The van der Waals surface area contributed by atoms with Gasteiger partial charge in [-0.1, -0.05) is 0 Å². The molecule has 1 aliphatic rings. The molecule has 0 spiro atoms. The van der Waals surface area contributed by atoms with Gasteiger partial charge in [0.25, 0.3) is 0 Å². The summed E-state index contributed by atoms with van der Waals surface area (Å²) in [4.78, 5) is 8.26. The Bertz CT molecular complexity index is 365. The lowest BCUT2D eigenvalue weighted by atomic mass is 10.2. The molecule has 5 nitrogen and oxygen atoms in total. The van der Waals surface area contributed by atoms with E-state index in [-0.39, 0.29) is 6.10 Å². The van der Waals surface area contributed by atoms with Crippen LogP contribution in [0.1, 0.15) is 26.7 Å². The fourth-order valence-electron chi connectivity index (χ4n) is 1.78. The van der Waals surface area contributed by atoms with Crippen molar-refractivity contribution in [2.45, 2.75) is 38.8 Å². The van der Waals surface area contributed by atoms with E-state index in [1.807, 2.05) is 19.9 Å². The molecule has 5 heteroatoms. The maximum absolute atomic E-state index is 5.74. The highest BCUT2D eigenvalue weighted by atomic mass is 16.5. The molecule has 0 aliphatic heterocycles. The van der Waals surface area contributed by atoms with Gasteiger partial charge in [-0.25, -0.2) is 9.97 Å². The second-order valence-corrected chi connectivity index (χ2v) is 4.73. The minimum atomic E-state index is 0.117. The molecule has 2 rings (SSSR count). The third-order valence-electron chi connectivity index (χ3n) is 2.78. The number of nitrogens with zero attached hydrogens (tertiary/aromatic N) is 2. The van der Waals surface area contributed by atoms with Gasteiger partial charge in [0.05, 0.1) is 6.10 Å². The molecule has 1 unspecified atom stereocenters. The number of ether oxygens (including phenoxy) is 1. The van der Waals surface area contributed by atoms with E-state index in [2.05, 4.69) is 15.3 Å². The van der Waals surface area contributed by atoms with E-state index < -0.39 is 0 Å². The highest BCUT2D eigenvalue weighted by Crippen LogP contribution is 2.33. The van der Waals surface area contributed by atoms with Gasteiger partial charge in [-0.2, -0.15) is 0 Å². The summed E-state index contributed by atoms with van der Waals surface area (Å²) in [6, 6.07) is 2.14. The van der Waals surface area contributed by atoms with Gasteiger partial charge in [0, 0.05) is 18.7 Å². The largest absolute Gasteiger partial charge is 0.475 e. The number of nitrogens with two attached hydrogens (primary N) is 1. The quantitative estimate of drug-likeness (QED) is 0.781. The van der Waals surface area contributed by atoms with Crippen molar-refractivity contribution >= 4 is 5.82 Å². The summed E-state index contributed by atoms with van der Waals surface area (Å²) < 4.78 is 5.52. The third-order valence-corrected chi connectivity index (χ3v) is 2.78. The Morgan fingerprint density at radius 2 is 2.24 bits per heavy atom. The molecule has 0 radical (unpaired) electrons. The Morgan fingerprint density at radius 1 is 1.47 bits per heavy atom. The Balaban J connectivity index is 1.99. The maximum atomic E-state index is 5.74. The Labute approximate surface area is 102 Å². The van der Waals surface area contributed by atoms with Crippen molar-refractivity contribution in [3.05, 3.63) is 12.4 Å². The Morgan fingerprint density at radius 3 is 2.82 bits per heavy atom. The minimum Gasteiger partial charge on any atom is -0.475 e. The summed E-state index contributed by atoms with van der Waals surface area (Å²) in [6.45, 7) is 4.58. The first-order valence-corrected chi connectivity index (χ1v) is 6.14. The zero-order valence-electron chi connectivity index (χ0n) is 10.4. The topological polar surface area (TPSA) is 73.1 Å². The van der Waals surface area contributed by atoms with E-state index in [4.69, 9.17) is 10.5 Å². The average Bonchev–Trinajstić information content (AvgIpc) is 3.09. The molecule has 0 amide bonds. The Hall–Kier alpha value is -1.36. The van der Waals surface area contributed by atoms with Gasteiger partial charge in [-0.05, 0) is 32.6 Å². The van der Waals surface area contributed by atoms with E-state index in [9.17, 15) is 0 Å². The molecule has 1 aromatic rings. The number of anilines is 1. The maximum Gasteiger partial charge on any atom is 0.218 e. The van der Waals surface area contributed by atoms with Crippen LogP contribution in [0.3, 0.4) is 0 Å². The van der Waals surface area contributed by atoms with Crippen LogP contribution in [0, 0.1) is 5.92 Å². The molecule has 1 atom stereocenters. The van der Waals surface area contributed by atoms with E-state index in [1.54, 1.807) is 0 Å². The number of hydrogen-bond acceptors (Lipinski definition) is 5. The molecule has 1 aliphatic carbocycles. The van der Waals surface area contributed by atoms with Crippen LogP contribution in [0.2, 0.25) is 0 Å². The molecular weight excluding hydrogens is 216 g/mol. The van der Waals surface area contributed by atoms with Crippen LogP contribution < -0.4 is 15.8 Å². The first-order valence-electron chi connectivity index (χ1n) is 6.14. The average molecular weight is 236 g/mol. The number of nitrogens with one attached hydrogen (secondary N) is 1.